The third kappa shape index (κ3) is 2.87. The van der Waals surface area contributed by atoms with Gasteiger partial charge in [0.1, 0.15) is 0 Å². The predicted octanol–water partition coefficient (Wildman–Crippen LogP) is 0.587. The molecule has 5 nitrogen and oxygen atoms in total. The Morgan fingerprint density at radius 3 is 2.89 bits per heavy atom. The first-order valence-electron chi connectivity index (χ1n) is 6.19. The van der Waals surface area contributed by atoms with Crippen LogP contribution in [0.5, 0.6) is 0 Å². The first kappa shape index (κ1) is 13.4. The maximum absolute atomic E-state index is 11.8. The molecule has 1 aromatic rings. The summed E-state index contributed by atoms with van der Waals surface area (Å²) in [6.07, 6.45) is 0. The van der Waals surface area contributed by atoms with E-state index in [0.29, 0.717) is 6.54 Å². The quantitative estimate of drug-likeness (QED) is 0.839. The number of amides is 1. The summed E-state index contributed by atoms with van der Waals surface area (Å²) in [6.45, 7) is 7.50. The average Bonchev–Trinajstić information content (AvgIpc) is 2.95. The minimum absolute atomic E-state index is 0.0304. The number of nitrogens with one attached hydrogen (secondary N) is 2. The molecule has 1 fully saturated rings. The number of carbonyl (C=O) groups excluding carboxylic acids is 1. The molecule has 18 heavy (non-hydrogen) atoms. The Balaban J connectivity index is 1.81. The van der Waals surface area contributed by atoms with Crippen LogP contribution in [0.2, 0.25) is 0 Å². The Morgan fingerprint density at radius 2 is 2.33 bits per heavy atom. The second-order valence-electron chi connectivity index (χ2n) is 4.58. The van der Waals surface area contributed by atoms with Crippen LogP contribution in [-0.4, -0.2) is 39.9 Å². The summed E-state index contributed by atoms with van der Waals surface area (Å²) in [5, 5.41) is 10.6. The second kappa shape index (κ2) is 5.75. The van der Waals surface area contributed by atoms with Crippen LogP contribution in [0, 0.1) is 20.8 Å². The van der Waals surface area contributed by atoms with Gasteiger partial charge in [-0.2, -0.15) is 5.10 Å². The highest BCUT2D eigenvalue weighted by Crippen LogP contribution is 2.11. The van der Waals surface area contributed by atoms with E-state index in [0.717, 1.165) is 23.9 Å². The van der Waals surface area contributed by atoms with Crippen LogP contribution in [-0.2, 0) is 11.3 Å². The van der Waals surface area contributed by atoms with Crippen molar-refractivity contribution in [2.75, 3.05) is 18.2 Å². The highest BCUT2D eigenvalue weighted by molar-refractivity contribution is 7.99. The van der Waals surface area contributed by atoms with Gasteiger partial charge in [0.15, 0.2) is 0 Å². The van der Waals surface area contributed by atoms with E-state index in [2.05, 4.69) is 29.6 Å². The van der Waals surface area contributed by atoms with Crippen molar-refractivity contribution in [2.24, 2.45) is 0 Å². The minimum Gasteiger partial charge on any atom is -0.353 e. The van der Waals surface area contributed by atoms with Gasteiger partial charge in [-0.1, -0.05) is 0 Å². The van der Waals surface area contributed by atoms with Gasteiger partial charge in [0.2, 0.25) is 5.91 Å². The van der Waals surface area contributed by atoms with E-state index < -0.39 is 0 Å². The van der Waals surface area contributed by atoms with E-state index in [1.165, 1.54) is 11.3 Å². The molecule has 2 N–H and O–H groups in total. The lowest BCUT2D eigenvalue weighted by Crippen LogP contribution is -2.43. The summed E-state index contributed by atoms with van der Waals surface area (Å²) in [5.74, 6) is 1.83. The van der Waals surface area contributed by atoms with E-state index in [-0.39, 0.29) is 11.9 Å². The molecule has 0 aromatic carbocycles. The van der Waals surface area contributed by atoms with Crippen LogP contribution in [0.3, 0.4) is 0 Å². The molecule has 0 saturated carbocycles. The van der Waals surface area contributed by atoms with Gasteiger partial charge in [0.05, 0.1) is 18.3 Å². The molecule has 1 atom stereocenters. The summed E-state index contributed by atoms with van der Waals surface area (Å²) in [7, 11) is 0. The molecule has 1 aromatic heterocycles. The summed E-state index contributed by atoms with van der Waals surface area (Å²) in [6, 6.07) is -0.0304. The van der Waals surface area contributed by atoms with Crippen molar-refractivity contribution < 1.29 is 4.79 Å². The minimum atomic E-state index is -0.0304. The molecule has 0 spiro atoms. The maximum atomic E-state index is 11.8. The number of aryl methyl sites for hydroxylation is 1. The van der Waals surface area contributed by atoms with E-state index in [4.69, 9.17) is 0 Å². The molecule has 2 rings (SSSR count). The Hall–Kier alpha value is -1.01. The molecule has 1 aliphatic heterocycles. The van der Waals surface area contributed by atoms with Crippen molar-refractivity contribution in [1.82, 2.24) is 20.4 Å². The molecule has 2 heterocycles. The highest BCUT2D eigenvalue weighted by atomic mass is 32.2. The van der Waals surface area contributed by atoms with Gasteiger partial charge in [-0.05, 0) is 26.3 Å². The van der Waals surface area contributed by atoms with Crippen molar-refractivity contribution in [2.45, 2.75) is 33.4 Å². The SMILES string of the molecule is Cc1nn(CCNC(=O)C2CSCN2)c(C)c1C. The number of hydrogen-bond donors (Lipinski definition) is 2. The first-order chi connectivity index (χ1) is 8.59. The number of nitrogens with zero attached hydrogens (tertiary/aromatic N) is 2. The number of carbonyl (C=O) groups is 1. The lowest BCUT2D eigenvalue weighted by atomic mass is 10.2. The van der Waals surface area contributed by atoms with Gasteiger partial charge in [-0.15, -0.1) is 11.8 Å². The van der Waals surface area contributed by atoms with Crippen LogP contribution >= 0.6 is 11.8 Å². The first-order valence-corrected chi connectivity index (χ1v) is 7.34. The lowest BCUT2D eigenvalue weighted by molar-refractivity contribution is -0.122. The van der Waals surface area contributed by atoms with Gasteiger partial charge in [-0.25, -0.2) is 0 Å². The summed E-state index contributed by atoms with van der Waals surface area (Å²) >= 11 is 1.76. The molecule has 0 bridgehead atoms. The third-order valence-electron chi connectivity index (χ3n) is 3.40. The number of rotatable bonds is 4. The molecule has 0 aliphatic carbocycles. The van der Waals surface area contributed by atoms with E-state index in [1.807, 2.05) is 11.6 Å². The monoisotopic (exact) mass is 268 g/mol. The smallest absolute Gasteiger partial charge is 0.238 e. The molecule has 1 saturated heterocycles. The normalized spacial score (nSPS) is 19.2. The lowest BCUT2D eigenvalue weighted by Gasteiger charge is -2.11. The molecular weight excluding hydrogens is 248 g/mol. The molecule has 1 unspecified atom stereocenters. The van der Waals surface area contributed by atoms with Crippen molar-refractivity contribution in [3.8, 4) is 0 Å². The van der Waals surface area contributed by atoms with E-state index in [1.54, 1.807) is 11.8 Å². The molecule has 6 heteroatoms. The Kier molecular flexibility index (Phi) is 4.29. The third-order valence-corrected chi connectivity index (χ3v) is 4.34. The topological polar surface area (TPSA) is 59.0 Å². The van der Waals surface area contributed by atoms with Crippen LogP contribution in [0.25, 0.3) is 0 Å². The van der Waals surface area contributed by atoms with Gasteiger partial charge in [-0.3, -0.25) is 14.8 Å². The highest BCUT2D eigenvalue weighted by Gasteiger charge is 2.21. The summed E-state index contributed by atoms with van der Waals surface area (Å²) < 4.78 is 1.96. The number of hydrogen-bond acceptors (Lipinski definition) is 4. The predicted molar refractivity (Wildman–Crippen MR) is 73.7 cm³/mol. The van der Waals surface area contributed by atoms with Crippen molar-refractivity contribution in [3.05, 3.63) is 17.0 Å². The second-order valence-corrected chi connectivity index (χ2v) is 5.61. The Bertz CT molecular complexity index is 438. The fraction of sp³-hybridized carbons (Fsp3) is 0.667. The Labute approximate surface area is 112 Å². The standard InChI is InChI=1S/C12H20N4OS/c1-8-9(2)15-16(10(8)3)5-4-13-12(17)11-6-18-7-14-11/h11,14H,4-7H2,1-3H3,(H,13,17). The molecule has 100 valence electrons. The fourth-order valence-corrected chi connectivity index (χ4v) is 2.92. The van der Waals surface area contributed by atoms with Crippen LogP contribution in [0.4, 0.5) is 0 Å². The van der Waals surface area contributed by atoms with Crippen molar-refractivity contribution in [1.29, 1.82) is 0 Å². The van der Waals surface area contributed by atoms with Gasteiger partial charge >= 0.3 is 0 Å². The largest absolute Gasteiger partial charge is 0.353 e. The summed E-state index contributed by atoms with van der Waals surface area (Å²) in [5.41, 5.74) is 3.47. The number of thioether (sulfide) groups is 1. The van der Waals surface area contributed by atoms with E-state index in [9.17, 15) is 4.79 Å². The zero-order chi connectivity index (χ0) is 13.1. The van der Waals surface area contributed by atoms with Crippen molar-refractivity contribution in [3.63, 3.8) is 0 Å². The zero-order valence-electron chi connectivity index (χ0n) is 11.1. The van der Waals surface area contributed by atoms with Crippen LogP contribution in [0.15, 0.2) is 0 Å². The van der Waals surface area contributed by atoms with Crippen LogP contribution < -0.4 is 10.6 Å². The van der Waals surface area contributed by atoms with E-state index >= 15 is 0 Å². The number of aromatic nitrogens is 2. The molecule has 1 amide bonds. The average molecular weight is 268 g/mol. The Morgan fingerprint density at radius 1 is 1.56 bits per heavy atom. The van der Waals surface area contributed by atoms with Crippen LogP contribution in [0.1, 0.15) is 17.0 Å². The van der Waals surface area contributed by atoms with Gasteiger partial charge < -0.3 is 5.32 Å². The summed E-state index contributed by atoms with van der Waals surface area (Å²) in [4.78, 5) is 11.8. The molecular formula is C12H20N4OS. The fourth-order valence-electron chi connectivity index (χ4n) is 1.98. The maximum Gasteiger partial charge on any atom is 0.238 e. The molecule has 0 radical (unpaired) electrons. The molecule has 1 aliphatic rings. The van der Waals surface area contributed by atoms with Gasteiger partial charge in [0, 0.05) is 23.9 Å². The zero-order valence-corrected chi connectivity index (χ0v) is 11.9. The van der Waals surface area contributed by atoms with Crippen molar-refractivity contribution >= 4 is 17.7 Å². The van der Waals surface area contributed by atoms with Gasteiger partial charge in [0.25, 0.3) is 0 Å².